The van der Waals surface area contributed by atoms with Crippen molar-refractivity contribution in [2.75, 3.05) is 13.2 Å². The van der Waals surface area contributed by atoms with E-state index in [1.165, 1.54) is 0 Å². The van der Waals surface area contributed by atoms with Gasteiger partial charge in [0.1, 0.15) is 11.6 Å². The van der Waals surface area contributed by atoms with Gasteiger partial charge in [0.15, 0.2) is 0 Å². The maximum absolute atomic E-state index is 12.0. The van der Waals surface area contributed by atoms with Crippen molar-refractivity contribution < 1.29 is 9.53 Å². The predicted molar refractivity (Wildman–Crippen MR) is 85.8 cm³/mol. The number of nitriles is 1. The van der Waals surface area contributed by atoms with Crippen LogP contribution in [0.2, 0.25) is 0 Å². The van der Waals surface area contributed by atoms with Gasteiger partial charge >= 0.3 is 0 Å². The van der Waals surface area contributed by atoms with Crippen LogP contribution in [0.1, 0.15) is 25.3 Å². The number of ether oxygens (including phenoxy) is 1. The van der Waals surface area contributed by atoms with Crippen molar-refractivity contribution >= 4 is 12.0 Å². The highest BCUT2D eigenvalue weighted by molar-refractivity contribution is 5.97. The Bertz CT molecular complexity index is 606. The van der Waals surface area contributed by atoms with Crippen LogP contribution in [-0.2, 0) is 9.53 Å². The second-order valence-corrected chi connectivity index (χ2v) is 5.31. The van der Waals surface area contributed by atoms with Crippen LogP contribution in [0, 0.1) is 11.3 Å². The lowest BCUT2D eigenvalue weighted by molar-refractivity contribution is -0.117. The highest BCUT2D eigenvalue weighted by Crippen LogP contribution is 2.12. The number of allylic oxidation sites excluding steroid dienone is 2. The number of amides is 1. The van der Waals surface area contributed by atoms with E-state index in [-0.39, 0.29) is 17.6 Å². The van der Waals surface area contributed by atoms with Crippen LogP contribution in [0.4, 0.5) is 0 Å². The molecule has 1 aliphatic heterocycles. The molecule has 1 saturated heterocycles. The van der Waals surface area contributed by atoms with Gasteiger partial charge in [-0.05, 0) is 37.0 Å². The molecular weight excluding hydrogens is 276 g/mol. The largest absolute Gasteiger partial charge is 0.376 e. The van der Waals surface area contributed by atoms with Gasteiger partial charge in [-0.3, -0.25) is 4.79 Å². The van der Waals surface area contributed by atoms with E-state index in [0.717, 1.165) is 30.6 Å². The van der Waals surface area contributed by atoms with Crippen LogP contribution >= 0.6 is 0 Å². The molecule has 22 heavy (non-hydrogen) atoms. The zero-order valence-corrected chi connectivity index (χ0v) is 12.7. The molecule has 1 N–H and O–H groups in total. The zero-order chi connectivity index (χ0) is 15.8. The molecule has 1 fully saturated rings. The Kier molecular flexibility index (Phi) is 5.93. The predicted octanol–water partition coefficient (Wildman–Crippen LogP) is 2.84. The summed E-state index contributed by atoms with van der Waals surface area (Å²) >= 11 is 0. The Morgan fingerprint density at radius 2 is 2.23 bits per heavy atom. The summed E-state index contributed by atoms with van der Waals surface area (Å²) in [4.78, 5) is 12.0. The Balaban J connectivity index is 1.98. The first-order chi connectivity index (χ1) is 10.7. The minimum Gasteiger partial charge on any atom is -0.376 e. The molecule has 114 valence electrons. The van der Waals surface area contributed by atoms with Gasteiger partial charge in [0.05, 0.1) is 6.10 Å². The molecule has 0 spiro atoms. The topological polar surface area (TPSA) is 62.1 Å². The van der Waals surface area contributed by atoms with E-state index in [1.807, 2.05) is 49.4 Å². The Labute approximate surface area is 131 Å². The number of nitrogens with zero attached hydrogens (tertiary/aromatic N) is 1. The summed E-state index contributed by atoms with van der Waals surface area (Å²) in [6.45, 7) is 3.08. The first-order valence-electron chi connectivity index (χ1n) is 7.44. The fourth-order valence-corrected chi connectivity index (χ4v) is 2.34. The normalized spacial score (nSPS) is 18.8. The van der Waals surface area contributed by atoms with E-state index in [9.17, 15) is 4.79 Å². The summed E-state index contributed by atoms with van der Waals surface area (Å²) in [5.74, 6) is -0.348. The van der Waals surface area contributed by atoms with Crippen molar-refractivity contribution in [2.24, 2.45) is 0 Å². The molecule has 0 radical (unpaired) electrons. The van der Waals surface area contributed by atoms with E-state index >= 15 is 0 Å². The highest BCUT2D eigenvalue weighted by atomic mass is 16.5. The lowest BCUT2D eigenvalue weighted by atomic mass is 10.1. The van der Waals surface area contributed by atoms with E-state index in [4.69, 9.17) is 10.00 Å². The SMILES string of the molecule is CC(=C\c1ccccc1)/C=C(\C#N)C(=O)NC[C@@H]1CCCO1. The fourth-order valence-electron chi connectivity index (χ4n) is 2.34. The van der Waals surface area contributed by atoms with Gasteiger partial charge in [-0.15, -0.1) is 0 Å². The molecule has 2 rings (SSSR count). The molecule has 0 bridgehead atoms. The van der Waals surface area contributed by atoms with Gasteiger partial charge in [0.2, 0.25) is 0 Å². The van der Waals surface area contributed by atoms with E-state index in [2.05, 4.69) is 5.32 Å². The van der Waals surface area contributed by atoms with Crippen LogP contribution in [0.5, 0.6) is 0 Å². The number of carbonyl (C=O) groups excluding carboxylic acids is 1. The first kappa shape index (κ1) is 16.0. The van der Waals surface area contributed by atoms with Crippen molar-refractivity contribution in [1.82, 2.24) is 5.32 Å². The molecule has 4 heteroatoms. The van der Waals surface area contributed by atoms with Crippen LogP contribution in [-0.4, -0.2) is 25.2 Å². The van der Waals surface area contributed by atoms with Gasteiger partial charge < -0.3 is 10.1 Å². The van der Waals surface area contributed by atoms with Crippen LogP contribution < -0.4 is 5.32 Å². The fraction of sp³-hybridized carbons (Fsp3) is 0.333. The number of nitrogens with one attached hydrogen (secondary N) is 1. The quantitative estimate of drug-likeness (QED) is 0.516. The number of benzene rings is 1. The van der Waals surface area contributed by atoms with Gasteiger partial charge in [-0.2, -0.15) is 5.26 Å². The molecule has 1 amide bonds. The second kappa shape index (κ2) is 8.16. The molecule has 0 unspecified atom stereocenters. The third-order valence-corrected chi connectivity index (χ3v) is 3.45. The summed E-state index contributed by atoms with van der Waals surface area (Å²) in [5.41, 5.74) is 2.01. The molecule has 1 aromatic carbocycles. The average Bonchev–Trinajstić information content (AvgIpc) is 3.04. The number of hydrogen-bond donors (Lipinski definition) is 1. The molecule has 1 aromatic rings. The molecular formula is C18H20N2O2. The molecule has 1 atom stereocenters. The van der Waals surface area contributed by atoms with Crippen molar-refractivity contribution in [2.45, 2.75) is 25.9 Å². The lowest BCUT2D eigenvalue weighted by Gasteiger charge is -2.10. The van der Waals surface area contributed by atoms with Crippen molar-refractivity contribution in [3.63, 3.8) is 0 Å². The van der Waals surface area contributed by atoms with Crippen molar-refractivity contribution in [3.8, 4) is 6.07 Å². The summed E-state index contributed by atoms with van der Waals surface area (Å²) in [7, 11) is 0. The number of hydrogen-bond acceptors (Lipinski definition) is 3. The zero-order valence-electron chi connectivity index (χ0n) is 12.7. The van der Waals surface area contributed by atoms with E-state index in [0.29, 0.717) is 6.54 Å². The van der Waals surface area contributed by atoms with Crippen LogP contribution in [0.15, 0.2) is 47.6 Å². The van der Waals surface area contributed by atoms with E-state index in [1.54, 1.807) is 6.08 Å². The van der Waals surface area contributed by atoms with E-state index < -0.39 is 0 Å². The molecule has 1 heterocycles. The lowest BCUT2D eigenvalue weighted by Crippen LogP contribution is -2.32. The molecule has 0 saturated carbocycles. The van der Waals surface area contributed by atoms with Gasteiger partial charge in [-0.25, -0.2) is 0 Å². The third kappa shape index (κ3) is 4.87. The van der Waals surface area contributed by atoms with Crippen molar-refractivity contribution in [1.29, 1.82) is 5.26 Å². The molecule has 4 nitrogen and oxygen atoms in total. The standard InChI is InChI=1S/C18H20N2O2/c1-14(10-15-6-3-2-4-7-15)11-16(12-19)18(21)20-13-17-8-5-9-22-17/h2-4,6-7,10-11,17H,5,8-9,13H2,1H3,(H,20,21)/b14-10+,16-11+/t17-/m0/s1. The highest BCUT2D eigenvalue weighted by Gasteiger charge is 2.17. The second-order valence-electron chi connectivity index (χ2n) is 5.31. The minimum atomic E-state index is -0.348. The van der Waals surface area contributed by atoms with Crippen LogP contribution in [0.3, 0.4) is 0 Å². The molecule has 0 aliphatic carbocycles. The first-order valence-corrected chi connectivity index (χ1v) is 7.44. The summed E-state index contributed by atoms with van der Waals surface area (Å²) in [6.07, 6.45) is 5.60. The summed E-state index contributed by atoms with van der Waals surface area (Å²) in [5, 5.41) is 11.9. The Morgan fingerprint density at radius 1 is 1.45 bits per heavy atom. The monoisotopic (exact) mass is 296 g/mol. The number of carbonyl (C=O) groups is 1. The van der Waals surface area contributed by atoms with Crippen LogP contribution in [0.25, 0.3) is 6.08 Å². The van der Waals surface area contributed by atoms with Gasteiger partial charge in [0.25, 0.3) is 5.91 Å². The Morgan fingerprint density at radius 3 is 2.86 bits per heavy atom. The Hall–Kier alpha value is -2.38. The maximum Gasteiger partial charge on any atom is 0.262 e. The summed E-state index contributed by atoms with van der Waals surface area (Å²) < 4.78 is 5.45. The van der Waals surface area contributed by atoms with Gasteiger partial charge in [0, 0.05) is 13.2 Å². The number of rotatable bonds is 5. The third-order valence-electron chi connectivity index (χ3n) is 3.45. The molecule has 1 aliphatic rings. The minimum absolute atomic E-state index is 0.0739. The summed E-state index contributed by atoms with van der Waals surface area (Å²) in [6, 6.07) is 11.7. The molecule has 0 aromatic heterocycles. The smallest absolute Gasteiger partial charge is 0.262 e. The van der Waals surface area contributed by atoms with Gasteiger partial charge in [-0.1, -0.05) is 36.4 Å². The maximum atomic E-state index is 12.0. The van der Waals surface area contributed by atoms with Crippen molar-refractivity contribution in [3.05, 3.63) is 53.1 Å². The average molecular weight is 296 g/mol.